The summed E-state index contributed by atoms with van der Waals surface area (Å²) in [7, 11) is 0. The molecule has 0 aliphatic rings. The van der Waals surface area contributed by atoms with Crippen LogP contribution in [0, 0.1) is 0 Å². The number of halogens is 1. The number of benzene rings is 2. The summed E-state index contributed by atoms with van der Waals surface area (Å²) in [6, 6.07) is 16.5. The Balaban J connectivity index is 1.80. The lowest BCUT2D eigenvalue weighted by Gasteiger charge is -2.16. The second-order valence-corrected chi connectivity index (χ2v) is 5.64. The van der Waals surface area contributed by atoms with E-state index in [-0.39, 0.29) is 6.04 Å². The fourth-order valence-corrected chi connectivity index (χ4v) is 2.54. The second kappa shape index (κ2) is 6.05. The van der Waals surface area contributed by atoms with Crippen molar-refractivity contribution in [2.75, 3.05) is 5.32 Å². The Kier molecular flexibility index (Phi) is 3.96. The Morgan fingerprint density at radius 2 is 2.00 bits per heavy atom. The molecule has 0 fully saturated rings. The topological polar surface area (TPSA) is 55.6 Å². The molecule has 21 heavy (non-hydrogen) atoms. The first-order valence-corrected chi connectivity index (χ1v) is 7.37. The van der Waals surface area contributed by atoms with Gasteiger partial charge in [0.1, 0.15) is 6.33 Å². The van der Waals surface area contributed by atoms with Gasteiger partial charge < -0.3 is 5.32 Å². The van der Waals surface area contributed by atoms with E-state index < -0.39 is 0 Å². The number of hydrogen-bond donors (Lipinski definition) is 1. The summed E-state index contributed by atoms with van der Waals surface area (Å²) < 4.78 is 2.71. The van der Waals surface area contributed by atoms with Gasteiger partial charge in [0.2, 0.25) is 0 Å². The Hall–Kier alpha value is -2.21. The average Bonchev–Trinajstić information content (AvgIpc) is 3.02. The van der Waals surface area contributed by atoms with Crippen molar-refractivity contribution >= 4 is 21.6 Å². The Labute approximate surface area is 131 Å². The van der Waals surface area contributed by atoms with E-state index >= 15 is 0 Å². The number of rotatable bonds is 4. The molecule has 5 nitrogen and oxygen atoms in total. The number of hydrogen-bond acceptors (Lipinski definition) is 4. The molecule has 0 bridgehead atoms. The van der Waals surface area contributed by atoms with Crippen LogP contribution in [0.4, 0.5) is 5.69 Å². The van der Waals surface area contributed by atoms with Gasteiger partial charge in [-0.15, -0.1) is 5.10 Å². The van der Waals surface area contributed by atoms with Crippen molar-refractivity contribution in [3.8, 4) is 5.69 Å². The number of anilines is 1. The van der Waals surface area contributed by atoms with E-state index in [1.165, 1.54) is 5.56 Å². The average molecular weight is 344 g/mol. The molecule has 1 atom stereocenters. The van der Waals surface area contributed by atoms with Crippen LogP contribution in [0.1, 0.15) is 18.5 Å². The zero-order chi connectivity index (χ0) is 14.7. The minimum absolute atomic E-state index is 0.201. The van der Waals surface area contributed by atoms with Gasteiger partial charge >= 0.3 is 0 Å². The quantitative estimate of drug-likeness (QED) is 0.786. The SMILES string of the molecule is CC(Nc1cccc(-n2cnnn2)c1)c1cccc(Br)c1. The number of nitrogens with zero attached hydrogens (tertiary/aromatic N) is 4. The highest BCUT2D eigenvalue weighted by molar-refractivity contribution is 9.10. The monoisotopic (exact) mass is 343 g/mol. The van der Waals surface area contributed by atoms with E-state index in [4.69, 9.17) is 0 Å². The first-order valence-electron chi connectivity index (χ1n) is 6.58. The summed E-state index contributed by atoms with van der Waals surface area (Å²) in [5, 5.41) is 14.7. The van der Waals surface area contributed by atoms with Crippen molar-refractivity contribution < 1.29 is 0 Å². The lowest BCUT2D eigenvalue weighted by Crippen LogP contribution is -2.07. The molecule has 6 heteroatoms. The van der Waals surface area contributed by atoms with E-state index in [0.29, 0.717) is 0 Å². The van der Waals surface area contributed by atoms with Crippen LogP contribution in [0.5, 0.6) is 0 Å². The molecule has 0 aliphatic heterocycles. The molecule has 1 N–H and O–H groups in total. The normalized spacial score (nSPS) is 12.1. The van der Waals surface area contributed by atoms with Crippen LogP contribution < -0.4 is 5.32 Å². The summed E-state index contributed by atoms with van der Waals surface area (Å²) in [6.45, 7) is 2.13. The third-order valence-corrected chi connectivity index (χ3v) is 3.68. The van der Waals surface area contributed by atoms with E-state index in [1.54, 1.807) is 11.0 Å². The number of tetrazole rings is 1. The summed E-state index contributed by atoms with van der Waals surface area (Å²) in [5.74, 6) is 0. The van der Waals surface area contributed by atoms with Crippen molar-refractivity contribution in [1.82, 2.24) is 20.2 Å². The largest absolute Gasteiger partial charge is 0.378 e. The van der Waals surface area contributed by atoms with Crippen molar-refractivity contribution in [1.29, 1.82) is 0 Å². The summed E-state index contributed by atoms with van der Waals surface area (Å²) in [6.07, 6.45) is 1.58. The minimum atomic E-state index is 0.201. The van der Waals surface area contributed by atoms with Gasteiger partial charge in [0.05, 0.1) is 5.69 Å². The molecule has 3 rings (SSSR count). The Bertz CT molecular complexity index is 726. The van der Waals surface area contributed by atoms with Crippen molar-refractivity contribution in [3.05, 3.63) is 64.9 Å². The third-order valence-electron chi connectivity index (χ3n) is 3.19. The van der Waals surface area contributed by atoms with Crippen molar-refractivity contribution in [3.63, 3.8) is 0 Å². The van der Waals surface area contributed by atoms with Crippen LogP contribution >= 0.6 is 15.9 Å². The lowest BCUT2D eigenvalue weighted by molar-refractivity contribution is 0.788. The summed E-state index contributed by atoms with van der Waals surface area (Å²) >= 11 is 3.50. The minimum Gasteiger partial charge on any atom is -0.378 e. The van der Waals surface area contributed by atoms with Crippen LogP contribution in [-0.2, 0) is 0 Å². The molecule has 0 saturated carbocycles. The van der Waals surface area contributed by atoms with E-state index in [1.807, 2.05) is 36.4 Å². The molecule has 0 aliphatic carbocycles. The van der Waals surface area contributed by atoms with Gasteiger partial charge in [-0.05, 0) is 53.2 Å². The molecule has 0 radical (unpaired) electrons. The van der Waals surface area contributed by atoms with Crippen LogP contribution in [0.3, 0.4) is 0 Å². The maximum atomic E-state index is 3.90. The molecule has 0 spiro atoms. The zero-order valence-electron chi connectivity index (χ0n) is 11.4. The standard InChI is InChI=1S/C15H14BrN5/c1-11(12-4-2-5-13(16)8-12)18-14-6-3-7-15(9-14)21-10-17-19-20-21/h2-11,18H,1H3. The molecule has 1 heterocycles. The molecule has 106 valence electrons. The fraction of sp³-hybridized carbons (Fsp3) is 0.133. The van der Waals surface area contributed by atoms with Crippen molar-refractivity contribution in [2.24, 2.45) is 0 Å². The van der Waals surface area contributed by atoms with Gasteiger partial charge in [-0.3, -0.25) is 0 Å². The van der Waals surface area contributed by atoms with Crippen LogP contribution in [0.15, 0.2) is 59.3 Å². The van der Waals surface area contributed by atoms with E-state index in [9.17, 15) is 0 Å². The molecule has 2 aromatic carbocycles. The molecule has 0 amide bonds. The number of nitrogens with one attached hydrogen (secondary N) is 1. The molecular weight excluding hydrogens is 330 g/mol. The predicted molar refractivity (Wildman–Crippen MR) is 85.3 cm³/mol. The first-order chi connectivity index (χ1) is 10.2. The van der Waals surface area contributed by atoms with Gasteiger partial charge in [-0.1, -0.05) is 34.1 Å². The molecule has 1 unspecified atom stereocenters. The van der Waals surface area contributed by atoms with Gasteiger partial charge in [-0.25, -0.2) is 4.68 Å². The van der Waals surface area contributed by atoms with Crippen LogP contribution in [0.2, 0.25) is 0 Å². The molecule has 1 aromatic heterocycles. The number of aromatic nitrogens is 4. The second-order valence-electron chi connectivity index (χ2n) is 4.73. The van der Waals surface area contributed by atoms with E-state index in [0.717, 1.165) is 15.8 Å². The van der Waals surface area contributed by atoms with Gasteiger partial charge in [0.25, 0.3) is 0 Å². The van der Waals surface area contributed by atoms with Gasteiger partial charge in [0.15, 0.2) is 0 Å². The zero-order valence-corrected chi connectivity index (χ0v) is 13.0. The predicted octanol–water partition coefficient (Wildman–Crippen LogP) is 3.60. The van der Waals surface area contributed by atoms with E-state index in [2.05, 4.69) is 55.8 Å². The molecular formula is C15H14BrN5. The maximum absolute atomic E-state index is 3.90. The first kappa shape index (κ1) is 13.8. The van der Waals surface area contributed by atoms with Crippen molar-refractivity contribution in [2.45, 2.75) is 13.0 Å². The van der Waals surface area contributed by atoms with Gasteiger partial charge in [0, 0.05) is 16.2 Å². The lowest BCUT2D eigenvalue weighted by atomic mass is 10.1. The third kappa shape index (κ3) is 3.28. The smallest absolute Gasteiger partial charge is 0.143 e. The fourth-order valence-electron chi connectivity index (χ4n) is 2.13. The molecule has 3 aromatic rings. The highest BCUT2D eigenvalue weighted by Gasteiger charge is 2.06. The summed E-state index contributed by atoms with van der Waals surface area (Å²) in [4.78, 5) is 0. The van der Waals surface area contributed by atoms with Crippen LogP contribution in [0.25, 0.3) is 5.69 Å². The molecule has 0 saturated heterocycles. The highest BCUT2D eigenvalue weighted by atomic mass is 79.9. The van der Waals surface area contributed by atoms with Crippen LogP contribution in [-0.4, -0.2) is 20.2 Å². The Morgan fingerprint density at radius 1 is 1.14 bits per heavy atom. The maximum Gasteiger partial charge on any atom is 0.143 e. The Morgan fingerprint density at radius 3 is 2.76 bits per heavy atom. The van der Waals surface area contributed by atoms with Gasteiger partial charge in [-0.2, -0.15) is 0 Å². The highest BCUT2D eigenvalue weighted by Crippen LogP contribution is 2.23. The summed E-state index contributed by atoms with van der Waals surface area (Å²) in [5.41, 5.74) is 3.17.